The Labute approximate surface area is 95.7 Å². The zero-order valence-electron chi connectivity index (χ0n) is 6.95. The van der Waals surface area contributed by atoms with Gasteiger partial charge in [0.2, 0.25) is 7.01 Å². The minimum atomic E-state index is -4.91. The number of alkyl halides is 3. The molecule has 0 aliphatic carbocycles. The van der Waals surface area contributed by atoms with Gasteiger partial charge in [0.25, 0.3) is 0 Å². The van der Waals surface area contributed by atoms with Gasteiger partial charge in [0, 0.05) is 0 Å². The summed E-state index contributed by atoms with van der Waals surface area (Å²) in [5.41, 5.74) is 0. The molecule has 0 bridgehead atoms. The normalized spacial score (nSPS) is 12.5. The lowest BCUT2D eigenvalue weighted by Crippen LogP contribution is -2.18. The van der Waals surface area contributed by atoms with Crippen LogP contribution in [0.15, 0.2) is 29.2 Å². The molecular weight excluding hydrogens is 348 g/mol. The molecule has 0 fully saturated rings. The molecule has 0 aromatic heterocycles. The largest absolute Gasteiger partial charge is 0.573 e. The molecule has 0 amide bonds. The third-order valence-corrected chi connectivity index (χ3v) is 3.62. The molecule has 3 nitrogen and oxygen atoms in total. The maximum atomic E-state index is 11.9. The van der Waals surface area contributed by atoms with E-state index in [4.69, 9.17) is 0 Å². The van der Waals surface area contributed by atoms with Crippen molar-refractivity contribution in [1.82, 2.24) is 0 Å². The van der Waals surface area contributed by atoms with Crippen molar-refractivity contribution >= 4 is 28.2 Å². The second-order valence-corrected chi connectivity index (χ2v) is 7.23. The van der Waals surface area contributed by atoms with E-state index >= 15 is 0 Å². The molecule has 0 aliphatic heterocycles. The highest BCUT2D eigenvalue weighted by atomic mass is 127. The minimum Gasteiger partial charge on any atom is -0.404 e. The van der Waals surface area contributed by atoms with E-state index in [2.05, 4.69) is 4.74 Å². The summed E-state index contributed by atoms with van der Waals surface area (Å²) in [6, 6.07) is 4.56. The Bertz CT molecular complexity index is 455. The predicted molar refractivity (Wildman–Crippen MR) is 54.3 cm³/mol. The summed E-state index contributed by atoms with van der Waals surface area (Å²) in [6.45, 7) is 0. The van der Waals surface area contributed by atoms with Crippen LogP contribution in [0.1, 0.15) is 0 Å². The Morgan fingerprint density at radius 3 is 2.20 bits per heavy atom. The van der Waals surface area contributed by atoms with Gasteiger partial charge in [0.1, 0.15) is 10.6 Å². The van der Waals surface area contributed by atoms with Crippen molar-refractivity contribution in [3.8, 4) is 5.75 Å². The summed E-state index contributed by atoms with van der Waals surface area (Å²) in [5.74, 6) is -0.723. The highest BCUT2D eigenvalue weighted by Crippen LogP contribution is 2.31. The third kappa shape index (κ3) is 3.86. The van der Waals surface area contributed by atoms with Crippen LogP contribution in [0.4, 0.5) is 13.2 Å². The van der Waals surface area contributed by atoms with Crippen LogP contribution in [-0.2, 0) is 7.01 Å². The molecule has 15 heavy (non-hydrogen) atoms. The van der Waals surface area contributed by atoms with E-state index in [-0.39, 0.29) is 0 Å². The number of ether oxygens (including phenoxy) is 1. The van der Waals surface area contributed by atoms with Crippen LogP contribution in [0.5, 0.6) is 5.75 Å². The molecule has 84 valence electrons. The molecule has 0 unspecified atom stereocenters. The summed E-state index contributed by atoms with van der Waals surface area (Å²) in [5, 5.41) is 0. The number of halogens is 4. The Balaban J connectivity index is 3.20. The predicted octanol–water partition coefficient (Wildman–Crippen LogP) is 2.71. The zero-order chi connectivity index (χ0) is 11.7. The molecule has 1 aromatic rings. The number of benzene rings is 1. The summed E-state index contributed by atoms with van der Waals surface area (Å²) < 4.78 is 61.4. The highest BCUT2D eigenvalue weighted by molar-refractivity contribution is 14.2. The van der Waals surface area contributed by atoms with Gasteiger partial charge in [-0.2, -0.15) is 0 Å². The number of para-hydroxylation sites is 1. The zero-order valence-corrected chi connectivity index (χ0v) is 9.93. The van der Waals surface area contributed by atoms with Crippen LogP contribution in [-0.4, -0.2) is 14.8 Å². The first-order valence-corrected chi connectivity index (χ1v) is 7.52. The van der Waals surface area contributed by atoms with Gasteiger partial charge in [-0.25, -0.2) is 8.42 Å². The third-order valence-electron chi connectivity index (χ3n) is 1.34. The maximum absolute atomic E-state index is 11.9. The average Bonchev–Trinajstić information content (AvgIpc) is 1.99. The van der Waals surface area contributed by atoms with Gasteiger partial charge in [0.15, 0.2) is 0 Å². The molecule has 0 aliphatic rings. The summed E-state index contributed by atoms with van der Waals surface area (Å²) >= 11 is 1.04. The Morgan fingerprint density at radius 1 is 1.20 bits per heavy atom. The lowest BCUT2D eigenvalue weighted by atomic mass is 10.3. The molecule has 1 rings (SSSR count). The first-order chi connectivity index (χ1) is 6.70. The van der Waals surface area contributed by atoms with E-state index in [1.807, 2.05) is 0 Å². The van der Waals surface area contributed by atoms with E-state index in [1.165, 1.54) is 12.1 Å². The van der Waals surface area contributed by atoms with Crippen LogP contribution >= 0.6 is 21.2 Å². The van der Waals surface area contributed by atoms with Crippen LogP contribution < -0.4 is 4.74 Å². The molecule has 0 saturated heterocycles. The summed E-state index contributed by atoms with van der Waals surface area (Å²) in [4.78, 5) is -0.497. The average molecular weight is 352 g/mol. The summed E-state index contributed by atoms with van der Waals surface area (Å²) in [7, 11) is -3.76. The van der Waals surface area contributed by atoms with Crippen molar-refractivity contribution in [1.29, 1.82) is 0 Å². The van der Waals surface area contributed by atoms with Gasteiger partial charge in [-0.05, 0) is 12.1 Å². The Hall–Kier alpha value is -0.510. The number of rotatable bonds is 2. The fraction of sp³-hybridized carbons (Fsp3) is 0.143. The van der Waals surface area contributed by atoms with Gasteiger partial charge in [0.05, 0.1) is 21.2 Å². The van der Waals surface area contributed by atoms with Crippen molar-refractivity contribution in [2.24, 2.45) is 0 Å². The molecule has 0 radical (unpaired) electrons. The van der Waals surface area contributed by atoms with Crippen molar-refractivity contribution in [3.05, 3.63) is 24.3 Å². The maximum Gasteiger partial charge on any atom is 0.573 e. The van der Waals surface area contributed by atoms with Gasteiger partial charge in [-0.15, -0.1) is 13.2 Å². The quantitative estimate of drug-likeness (QED) is 0.607. The SMILES string of the molecule is O=S(=O)(I)c1ccccc1OC(F)(F)F. The Kier molecular flexibility index (Phi) is 3.48. The van der Waals surface area contributed by atoms with E-state index in [9.17, 15) is 21.6 Å². The summed E-state index contributed by atoms with van der Waals surface area (Å²) in [6.07, 6.45) is -4.91. The lowest BCUT2D eigenvalue weighted by Gasteiger charge is -2.10. The standard InChI is InChI=1S/C7H4F3IO3S/c8-7(9,10)14-5-3-1-2-4-6(5)15(11,12)13/h1-4H. The Morgan fingerprint density at radius 2 is 1.73 bits per heavy atom. The fourth-order valence-electron chi connectivity index (χ4n) is 0.861. The van der Waals surface area contributed by atoms with Crippen molar-refractivity contribution in [3.63, 3.8) is 0 Å². The number of hydrogen-bond acceptors (Lipinski definition) is 3. The fourth-order valence-corrected chi connectivity index (χ4v) is 2.54. The van der Waals surface area contributed by atoms with Gasteiger partial charge < -0.3 is 4.74 Å². The molecular formula is C7H4F3IO3S. The molecule has 0 spiro atoms. The first-order valence-electron chi connectivity index (χ1n) is 3.49. The minimum absolute atomic E-state index is 0.497. The topological polar surface area (TPSA) is 43.4 Å². The van der Waals surface area contributed by atoms with E-state index in [0.717, 1.165) is 33.3 Å². The monoisotopic (exact) mass is 352 g/mol. The highest BCUT2D eigenvalue weighted by Gasteiger charge is 2.33. The second kappa shape index (κ2) is 4.16. The molecule has 0 saturated carbocycles. The molecule has 0 N–H and O–H groups in total. The number of hydrogen-bond donors (Lipinski definition) is 0. The van der Waals surface area contributed by atoms with E-state index in [1.54, 1.807) is 0 Å². The smallest absolute Gasteiger partial charge is 0.404 e. The molecule has 0 atom stereocenters. The van der Waals surface area contributed by atoms with Crippen molar-refractivity contribution in [2.45, 2.75) is 11.3 Å². The van der Waals surface area contributed by atoms with Crippen LogP contribution in [0.3, 0.4) is 0 Å². The van der Waals surface area contributed by atoms with E-state index in [0.29, 0.717) is 0 Å². The first kappa shape index (κ1) is 12.6. The van der Waals surface area contributed by atoms with Gasteiger partial charge in [-0.1, -0.05) is 12.1 Å². The van der Waals surface area contributed by atoms with Crippen LogP contribution in [0.2, 0.25) is 0 Å². The van der Waals surface area contributed by atoms with Gasteiger partial charge in [-0.3, -0.25) is 0 Å². The van der Waals surface area contributed by atoms with Crippen LogP contribution in [0.25, 0.3) is 0 Å². The van der Waals surface area contributed by atoms with Gasteiger partial charge >= 0.3 is 6.36 Å². The van der Waals surface area contributed by atoms with Crippen molar-refractivity contribution < 1.29 is 26.3 Å². The van der Waals surface area contributed by atoms with Crippen molar-refractivity contribution in [2.75, 3.05) is 0 Å². The molecule has 1 aromatic carbocycles. The molecule has 0 heterocycles. The lowest BCUT2D eigenvalue weighted by molar-refractivity contribution is -0.275. The van der Waals surface area contributed by atoms with Crippen LogP contribution in [0, 0.1) is 0 Å². The second-order valence-electron chi connectivity index (χ2n) is 2.43. The molecule has 8 heteroatoms. The van der Waals surface area contributed by atoms with E-state index < -0.39 is 24.0 Å².